The van der Waals surface area contributed by atoms with Crippen molar-refractivity contribution in [2.45, 2.75) is 17.5 Å². The van der Waals surface area contributed by atoms with Gasteiger partial charge in [0, 0.05) is 22.4 Å². The molecule has 1 aromatic carbocycles. The van der Waals surface area contributed by atoms with E-state index in [9.17, 15) is 0 Å². The number of hydrogen-bond donors (Lipinski definition) is 0. The SMILES string of the molecule is Clc1ccc(OCc2nc(CSc3ncc4ccccn34)cs2)cc1. The van der Waals surface area contributed by atoms with Gasteiger partial charge in [-0.05, 0) is 36.4 Å². The molecule has 4 nitrogen and oxygen atoms in total. The third kappa shape index (κ3) is 3.98. The minimum Gasteiger partial charge on any atom is -0.486 e. The van der Waals surface area contributed by atoms with Crippen LogP contribution in [0.25, 0.3) is 5.52 Å². The van der Waals surface area contributed by atoms with Crippen LogP contribution in [-0.4, -0.2) is 14.4 Å². The summed E-state index contributed by atoms with van der Waals surface area (Å²) in [5, 5.41) is 4.71. The second-order valence-corrected chi connectivity index (χ2v) is 7.62. The van der Waals surface area contributed by atoms with E-state index in [1.807, 2.05) is 54.9 Å². The van der Waals surface area contributed by atoms with E-state index in [0.717, 1.165) is 32.9 Å². The predicted octanol–water partition coefficient (Wildman–Crippen LogP) is 5.32. The van der Waals surface area contributed by atoms with E-state index in [1.165, 1.54) is 0 Å². The first-order chi connectivity index (χ1) is 12.3. The lowest BCUT2D eigenvalue weighted by molar-refractivity contribution is 0.305. The zero-order valence-corrected chi connectivity index (χ0v) is 15.5. The third-order valence-electron chi connectivity index (χ3n) is 3.53. The van der Waals surface area contributed by atoms with Crippen molar-refractivity contribution in [1.82, 2.24) is 14.4 Å². The quantitative estimate of drug-likeness (QED) is 0.420. The molecule has 0 bridgehead atoms. The first-order valence-electron chi connectivity index (χ1n) is 7.64. The Morgan fingerprint density at radius 2 is 2.04 bits per heavy atom. The highest BCUT2D eigenvalue weighted by molar-refractivity contribution is 7.98. The van der Waals surface area contributed by atoms with E-state index in [-0.39, 0.29) is 0 Å². The molecule has 3 aromatic heterocycles. The topological polar surface area (TPSA) is 39.4 Å². The zero-order chi connectivity index (χ0) is 17.1. The summed E-state index contributed by atoms with van der Waals surface area (Å²) in [4.78, 5) is 9.10. The first kappa shape index (κ1) is 16.4. The highest BCUT2D eigenvalue weighted by atomic mass is 35.5. The molecule has 0 saturated carbocycles. The largest absolute Gasteiger partial charge is 0.486 e. The summed E-state index contributed by atoms with van der Waals surface area (Å²) in [5.74, 6) is 1.57. The lowest BCUT2D eigenvalue weighted by Gasteiger charge is -2.03. The molecule has 4 rings (SSSR count). The van der Waals surface area contributed by atoms with Crippen molar-refractivity contribution in [1.29, 1.82) is 0 Å². The molecular weight excluding hydrogens is 374 g/mol. The number of aromatic nitrogens is 3. The number of halogens is 1. The van der Waals surface area contributed by atoms with Gasteiger partial charge < -0.3 is 4.74 Å². The summed E-state index contributed by atoms with van der Waals surface area (Å²) >= 11 is 9.16. The lowest BCUT2D eigenvalue weighted by atomic mass is 10.3. The van der Waals surface area contributed by atoms with Crippen molar-refractivity contribution in [2.24, 2.45) is 0 Å². The van der Waals surface area contributed by atoms with Crippen LogP contribution in [0, 0.1) is 0 Å². The van der Waals surface area contributed by atoms with E-state index >= 15 is 0 Å². The number of rotatable bonds is 6. The van der Waals surface area contributed by atoms with Gasteiger partial charge in [0.15, 0.2) is 5.16 Å². The summed E-state index contributed by atoms with van der Waals surface area (Å²) < 4.78 is 7.82. The number of nitrogens with zero attached hydrogens (tertiary/aromatic N) is 3. The van der Waals surface area contributed by atoms with E-state index in [2.05, 4.69) is 19.7 Å². The third-order valence-corrected chi connectivity index (χ3v) is 5.65. The van der Waals surface area contributed by atoms with Gasteiger partial charge in [0.2, 0.25) is 0 Å². The van der Waals surface area contributed by atoms with Gasteiger partial charge in [-0.3, -0.25) is 4.40 Å². The molecular formula is C18H14ClN3OS2. The Bertz CT molecular complexity index is 981. The van der Waals surface area contributed by atoms with Crippen LogP contribution in [0.3, 0.4) is 0 Å². The molecule has 0 N–H and O–H groups in total. The fraction of sp³-hybridized carbons (Fsp3) is 0.111. The zero-order valence-electron chi connectivity index (χ0n) is 13.1. The number of thiazole rings is 1. The van der Waals surface area contributed by atoms with Crippen LogP contribution in [0.15, 0.2) is 65.4 Å². The first-order valence-corrected chi connectivity index (χ1v) is 9.89. The summed E-state index contributed by atoms with van der Waals surface area (Å²) in [7, 11) is 0. The van der Waals surface area contributed by atoms with Crippen LogP contribution in [-0.2, 0) is 12.4 Å². The summed E-state index contributed by atoms with van der Waals surface area (Å²) in [6.45, 7) is 0.462. The Balaban J connectivity index is 1.35. The van der Waals surface area contributed by atoms with Crippen molar-refractivity contribution in [3.8, 4) is 5.75 Å². The molecule has 0 aliphatic carbocycles. The molecule has 0 radical (unpaired) electrons. The second-order valence-electron chi connectivity index (χ2n) is 5.30. The molecule has 0 saturated heterocycles. The normalized spacial score (nSPS) is 11.1. The molecule has 0 fully saturated rings. The molecule has 0 unspecified atom stereocenters. The molecule has 3 heterocycles. The number of ether oxygens (including phenoxy) is 1. The molecule has 4 aromatic rings. The van der Waals surface area contributed by atoms with Crippen LogP contribution in [0.2, 0.25) is 5.02 Å². The van der Waals surface area contributed by atoms with Crippen LogP contribution in [0.4, 0.5) is 0 Å². The lowest BCUT2D eigenvalue weighted by Crippen LogP contribution is -1.95. The van der Waals surface area contributed by atoms with Crippen molar-refractivity contribution in [2.75, 3.05) is 0 Å². The Hall–Kier alpha value is -2.02. The van der Waals surface area contributed by atoms with E-state index in [0.29, 0.717) is 11.6 Å². The van der Waals surface area contributed by atoms with Gasteiger partial charge in [0.1, 0.15) is 17.4 Å². The van der Waals surface area contributed by atoms with Crippen LogP contribution >= 0.6 is 34.7 Å². The number of fused-ring (bicyclic) bond motifs is 1. The average Bonchev–Trinajstić information content (AvgIpc) is 3.26. The summed E-state index contributed by atoms with van der Waals surface area (Å²) in [6, 6.07) is 13.4. The van der Waals surface area contributed by atoms with Crippen LogP contribution in [0.5, 0.6) is 5.75 Å². The maximum Gasteiger partial charge on any atom is 0.172 e. The molecule has 0 atom stereocenters. The molecule has 0 spiro atoms. The monoisotopic (exact) mass is 387 g/mol. The summed E-state index contributed by atoms with van der Waals surface area (Å²) in [5.41, 5.74) is 2.14. The Labute approximate surface area is 158 Å². The highest BCUT2D eigenvalue weighted by Gasteiger charge is 2.07. The molecule has 0 amide bonds. The molecule has 126 valence electrons. The molecule has 25 heavy (non-hydrogen) atoms. The van der Waals surface area contributed by atoms with Gasteiger partial charge in [-0.25, -0.2) is 9.97 Å². The van der Waals surface area contributed by atoms with Crippen LogP contribution < -0.4 is 4.74 Å². The fourth-order valence-corrected chi connectivity index (χ4v) is 4.12. The fourth-order valence-electron chi connectivity index (χ4n) is 2.32. The predicted molar refractivity (Wildman–Crippen MR) is 103 cm³/mol. The number of thioether (sulfide) groups is 1. The van der Waals surface area contributed by atoms with Gasteiger partial charge in [0.25, 0.3) is 0 Å². The molecule has 7 heteroatoms. The maximum absolute atomic E-state index is 5.87. The number of imidazole rings is 1. The van der Waals surface area contributed by atoms with E-state index < -0.39 is 0 Å². The van der Waals surface area contributed by atoms with Crippen molar-refractivity contribution < 1.29 is 4.74 Å². The minimum absolute atomic E-state index is 0.462. The standard InChI is InChI=1S/C18H14ClN3OS2/c19-13-4-6-16(7-5-13)23-10-17-21-14(11-24-17)12-25-18-20-9-15-3-1-2-8-22(15)18/h1-9,11H,10,12H2. The smallest absolute Gasteiger partial charge is 0.172 e. The Morgan fingerprint density at radius 3 is 2.92 bits per heavy atom. The second kappa shape index (κ2) is 7.47. The van der Waals surface area contributed by atoms with Crippen molar-refractivity contribution in [3.05, 3.63) is 76.0 Å². The Morgan fingerprint density at radius 1 is 1.16 bits per heavy atom. The van der Waals surface area contributed by atoms with Gasteiger partial charge >= 0.3 is 0 Å². The highest BCUT2D eigenvalue weighted by Crippen LogP contribution is 2.24. The van der Waals surface area contributed by atoms with Gasteiger partial charge in [-0.2, -0.15) is 0 Å². The maximum atomic E-state index is 5.87. The summed E-state index contributed by atoms with van der Waals surface area (Å²) in [6.07, 6.45) is 3.91. The van der Waals surface area contributed by atoms with E-state index in [4.69, 9.17) is 16.3 Å². The number of pyridine rings is 1. The van der Waals surface area contributed by atoms with Gasteiger partial charge in [-0.15, -0.1) is 11.3 Å². The van der Waals surface area contributed by atoms with E-state index in [1.54, 1.807) is 23.1 Å². The van der Waals surface area contributed by atoms with Crippen molar-refractivity contribution >= 4 is 40.2 Å². The van der Waals surface area contributed by atoms with Crippen LogP contribution in [0.1, 0.15) is 10.7 Å². The average molecular weight is 388 g/mol. The number of benzene rings is 1. The molecule has 0 aliphatic rings. The number of hydrogen-bond acceptors (Lipinski definition) is 5. The van der Waals surface area contributed by atoms with Gasteiger partial charge in [0.05, 0.1) is 17.4 Å². The molecule has 0 aliphatic heterocycles. The Kier molecular flexibility index (Phi) is 4.92. The van der Waals surface area contributed by atoms with Gasteiger partial charge in [-0.1, -0.05) is 29.4 Å². The van der Waals surface area contributed by atoms with Crippen molar-refractivity contribution in [3.63, 3.8) is 0 Å². The minimum atomic E-state index is 0.462.